The van der Waals surface area contributed by atoms with Crippen molar-refractivity contribution in [1.82, 2.24) is 4.90 Å². The van der Waals surface area contributed by atoms with Crippen LogP contribution in [0.15, 0.2) is 54.6 Å². The number of anilines is 1. The normalized spacial score (nSPS) is 18.0. The molecule has 4 nitrogen and oxygen atoms in total. The lowest BCUT2D eigenvalue weighted by molar-refractivity contribution is 0.0639. The number of fused-ring (bicyclic) bond motifs is 1. The third-order valence-electron chi connectivity index (χ3n) is 4.66. The van der Waals surface area contributed by atoms with Gasteiger partial charge in [0.05, 0.1) is 12.7 Å². The molecule has 1 aliphatic heterocycles. The summed E-state index contributed by atoms with van der Waals surface area (Å²) < 4.78 is 5.41. The molecule has 0 saturated carbocycles. The largest absolute Gasteiger partial charge is 0.496 e. The minimum absolute atomic E-state index is 0.0679. The highest BCUT2D eigenvalue weighted by molar-refractivity contribution is 6.02. The fraction of sp³-hybridized carbons (Fsp3) is 0.286. The van der Waals surface area contributed by atoms with Crippen molar-refractivity contribution in [2.45, 2.75) is 32.5 Å². The first-order chi connectivity index (χ1) is 12.2. The highest BCUT2D eigenvalue weighted by Gasteiger charge is 2.32. The van der Waals surface area contributed by atoms with Gasteiger partial charge in [0.15, 0.2) is 0 Å². The highest BCUT2D eigenvalue weighted by atomic mass is 16.5. The molecule has 2 aromatic rings. The number of carbonyl (C=O) groups excluding carboxylic acids is 1. The molecule has 4 heteroatoms. The first-order valence-corrected chi connectivity index (χ1v) is 8.65. The van der Waals surface area contributed by atoms with Crippen molar-refractivity contribution >= 4 is 17.7 Å². The number of amides is 1. The van der Waals surface area contributed by atoms with Crippen molar-refractivity contribution in [2.75, 3.05) is 12.4 Å². The summed E-state index contributed by atoms with van der Waals surface area (Å²) in [4.78, 5) is 14.9. The van der Waals surface area contributed by atoms with Crippen molar-refractivity contribution in [2.24, 2.45) is 0 Å². The van der Waals surface area contributed by atoms with Crippen LogP contribution in [0, 0.1) is 0 Å². The third kappa shape index (κ3) is 3.38. The lowest BCUT2D eigenvalue weighted by Crippen LogP contribution is -2.51. The van der Waals surface area contributed by atoms with Gasteiger partial charge in [0.1, 0.15) is 11.9 Å². The van der Waals surface area contributed by atoms with E-state index < -0.39 is 0 Å². The molecule has 0 fully saturated rings. The van der Waals surface area contributed by atoms with Crippen LogP contribution in [0.3, 0.4) is 0 Å². The maximum absolute atomic E-state index is 13.0. The van der Waals surface area contributed by atoms with E-state index in [0.29, 0.717) is 0 Å². The smallest absolute Gasteiger partial charge is 0.258 e. The number of methoxy groups -OCH3 is 1. The molecule has 2 aromatic carbocycles. The average molecular weight is 336 g/mol. The van der Waals surface area contributed by atoms with Crippen LogP contribution >= 0.6 is 0 Å². The van der Waals surface area contributed by atoms with E-state index in [1.165, 1.54) is 0 Å². The lowest BCUT2D eigenvalue weighted by Gasteiger charge is -2.40. The van der Waals surface area contributed by atoms with Gasteiger partial charge >= 0.3 is 0 Å². The SMILES string of the molecule is CC[C@@H](C)N1C(=O)c2ccccc2N[C@@H]1/C=C/c1ccccc1OC. The van der Waals surface area contributed by atoms with Gasteiger partial charge in [-0.25, -0.2) is 0 Å². The zero-order valence-electron chi connectivity index (χ0n) is 14.9. The Labute approximate surface area is 149 Å². The zero-order valence-corrected chi connectivity index (χ0v) is 14.9. The zero-order chi connectivity index (χ0) is 17.8. The minimum atomic E-state index is -0.192. The molecule has 0 aliphatic carbocycles. The van der Waals surface area contributed by atoms with Gasteiger partial charge < -0.3 is 15.0 Å². The van der Waals surface area contributed by atoms with Crippen LogP contribution in [-0.2, 0) is 0 Å². The molecule has 1 N–H and O–H groups in total. The van der Waals surface area contributed by atoms with E-state index >= 15 is 0 Å². The Hall–Kier alpha value is -2.75. The predicted octanol–water partition coefficient (Wildman–Crippen LogP) is 4.40. The third-order valence-corrected chi connectivity index (χ3v) is 4.66. The number of nitrogens with zero attached hydrogens (tertiary/aromatic N) is 1. The fourth-order valence-corrected chi connectivity index (χ4v) is 3.10. The highest BCUT2D eigenvalue weighted by Crippen LogP contribution is 2.28. The number of rotatable bonds is 5. The molecule has 1 amide bonds. The molecule has 1 aliphatic rings. The van der Waals surface area contributed by atoms with E-state index in [2.05, 4.69) is 19.2 Å². The molecule has 130 valence electrons. The number of carbonyl (C=O) groups is 1. The molecular weight excluding hydrogens is 312 g/mol. The second-order valence-electron chi connectivity index (χ2n) is 6.21. The quantitative estimate of drug-likeness (QED) is 0.880. The Kier molecular flexibility index (Phi) is 5.08. The molecule has 3 rings (SSSR count). The molecule has 1 heterocycles. The van der Waals surface area contributed by atoms with Gasteiger partial charge in [-0.05, 0) is 37.6 Å². The number of hydrogen-bond acceptors (Lipinski definition) is 3. The molecule has 0 saturated heterocycles. The fourth-order valence-electron chi connectivity index (χ4n) is 3.10. The number of nitrogens with one attached hydrogen (secondary N) is 1. The summed E-state index contributed by atoms with van der Waals surface area (Å²) in [6.45, 7) is 4.18. The lowest BCUT2D eigenvalue weighted by atomic mass is 10.0. The summed E-state index contributed by atoms with van der Waals surface area (Å²) in [7, 11) is 1.66. The summed E-state index contributed by atoms with van der Waals surface area (Å²) in [5, 5.41) is 3.48. The standard InChI is InChI=1S/C21H24N2O2/c1-4-15(2)23-20(14-13-16-9-5-8-12-19(16)25-3)22-18-11-7-6-10-17(18)21(23)24/h5-15,20,22H,4H2,1-3H3/b14-13+/t15-,20+/m1/s1. The first kappa shape index (κ1) is 17.1. The second kappa shape index (κ2) is 7.43. The molecular formula is C21H24N2O2. The summed E-state index contributed by atoms with van der Waals surface area (Å²) in [5.74, 6) is 0.884. The predicted molar refractivity (Wildman–Crippen MR) is 102 cm³/mol. The average Bonchev–Trinajstić information content (AvgIpc) is 2.66. The number of para-hydroxylation sites is 2. The summed E-state index contributed by atoms with van der Waals surface area (Å²) in [5.41, 5.74) is 2.59. The van der Waals surface area contributed by atoms with Crippen LogP contribution in [-0.4, -0.2) is 30.1 Å². The van der Waals surface area contributed by atoms with Crippen LogP contribution in [0.5, 0.6) is 5.75 Å². The minimum Gasteiger partial charge on any atom is -0.496 e. The molecule has 0 spiro atoms. The van der Waals surface area contributed by atoms with Crippen molar-refractivity contribution in [3.63, 3.8) is 0 Å². The Morgan fingerprint density at radius 3 is 2.68 bits per heavy atom. The molecule has 25 heavy (non-hydrogen) atoms. The molecule has 0 aromatic heterocycles. The van der Waals surface area contributed by atoms with E-state index in [4.69, 9.17) is 4.74 Å². The number of hydrogen-bond donors (Lipinski definition) is 1. The van der Waals surface area contributed by atoms with E-state index in [0.717, 1.165) is 29.0 Å². The van der Waals surface area contributed by atoms with Gasteiger partial charge in [-0.2, -0.15) is 0 Å². The molecule has 2 atom stereocenters. The van der Waals surface area contributed by atoms with E-state index in [-0.39, 0.29) is 18.1 Å². The first-order valence-electron chi connectivity index (χ1n) is 8.65. The van der Waals surface area contributed by atoms with E-state index in [1.54, 1.807) is 7.11 Å². The van der Waals surface area contributed by atoms with Gasteiger partial charge in [-0.1, -0.05) is 43.3 Å². The molecule has 0 unspecified atom stereocenters. The van der Waals surface area contributed by atoms with Gasteiger partial charge in [0, 0.05) is 17.3 Å². The van der Waals surface area contributed by atoms with Gasteiger partial charge in [-0.15, -0.1) is 0 Å². The van der Waals surface area contributed by atoms with Gasteiger partial charge in [0.25, 0.3) is 5.91 Å². The van der Waals surface area contributed by atoms with Crippen LogP contribution in [0.2, 0.25) is 0 Å². The van der Waals surface area contributed by atoms with Gasteiger partial charge in [-0.3, -0.25) is 4.79 Å². The monoisotopic (exact) mass is 336 g/mol. The van der Waals surface area contributed by atoms with Gasteiger partial charge in [0.2, 0.25) is 0 Å². The van der Waals surface area contributed by atoms with Crippen molar-refractivity contribution < 1.29 is 9.53 Å². The van der Waals surface area contributed by atoms with E-state index in [1.807, 2.05) is 65.6 Å². The Morgan fingerprint density at radius 1 is 1.20 bits per heavy atom. The Bertz CT molecular complexity index is 785. The van der Waals surface area contributed by atoms with Crippen molar-refractivity contribution in [3.05, 3.63) is 65.7 Å². The van der Waals surface area contributed by atoms with Crippen LogP contribution in [0.25, 0.3) is 6.08 Å². The molecule has 0 radical (unpaired) electrons. The maximum atomic E-state index is 13.0. The summed E-state index contributed by atoms with van der Waals surface area (Å²) in [6.07, 6.45) is 4.74. The van der Waals surface area contributed by atoms with Crippen molar-refractivity contribution in [3.8, 4) is 5.75 Å². The number of benzene rings is 2. The Morgan fingerprint density at radius 2 is 1.92 bits per heavy atom. The Balaban J connectivity index is 1.95. The van der Waals surface area contributed by atoms with E-state index in [9.17, 15) is 4.79 Å². The van der Waals surface area contributed by atoms with Crippen molar-refractivity contribution in [1.29, 1.82) is 0 Å². The summed E-state index contributed by atoms with van der Waals surface area (Å²) >= 11 is 0. The molecule has 0 bridgehead atoms. The van der Waals surface area contributed by atoms with Crippen LogP contribution in [0.4, 0.5) is 5.69 Å². The summed E-state index contributed by atoms with van der Waals surface area (Å²) in [6, 6.07) is 15.7. The number of ether oxygens (including phenoxy) is 1. The second-order valence-corrected chi connectivity index (χ2v) is 6.21. The topological polar surface area (TPSA) is 41.6 Å². The van der Waals surface area contributed by atoms with Crippen LogP contribution < -0.4 is 10.1 Å². The van der Waals surface area contributed by atoms with Crippen LogP contribution in [0.1, 0.15) is 36.2 Å². The maximum Gasteiger partial charge on any atom is 0.258 e.